The number of hydrogen-bond donors (Lipinski definition) is 1. The number of aromatic nitrogens is 2. The summed E-state index contributed by atoms with van der Waals surface area (Å²) in [5.74, 6) is 2.19. The van der Waals surface area contributed by atoms with E-state index < -0.39 is 0 Å². The van der Waals surface area contributed by atoms with Crippen LogP contribution in [0.3, 0.4) is 0 Å². The standard InChI is InChI=1S/C18H22N4O3/c1-3-9-22(10-4-2)17-8-7-16(20-21-17)19-18(23)13-5-6-14-15(11-13)25-12-24-14/h5-8,11H,3-4,9-10,12H2,1-2H3,(H,19,20,23). The van der Waals surface area contributed by atoms with Gasteiger partial charge in [-0.05, 0) is 43.2 Å². The molecule has 1 amide bonds. The van der Waals surface area contributed by atoms with Crippen LogP contribution in [0.25, 0.3) is 0 Å². The Hall–Kier alpha value is -2.83. The van der Waals surface area contributed by atoms with Crippen LogP contribution < -0.4 is 19.7 Å². The lowest BCUT2D eigenvalue weighted by Crippen LogP contribution is -2.26. The molecule has 1 aromatic carbocycles. The number of ether oxygens (including phenoxy) is 2. The van der Waals surface area contributed by atoms with Gasteiger partial charge in [0.05, 0.1) is 0 Å². The summed E-state index contributed by atoms with van der Waals surface area (Å²) in [6.07, 6.45) is 2.09. The van der Waals surface area contributed by atoms with Crippen molar-refractivity contribution in [3.63, 3.8) is 0 Å². The molecule has 0 spiro atoms. The maximum atomic E-state index is 12.4. The molecule has 25 heavy (non-hydrogen) atoms. The van der Waals surface area contributed by atoms with Gasteiger partial charge in [-0.1, -0.05) is 13.8 Å². The third-order valence-electron chi connectivity index (χ3n) is 3.84. The Morgan fingerprint density at radius 1 is 1.08 bits per heavy atom. The number of nitrogens with zero attached hydrogens (tertiary/aromatic N) is 3. The normalized spacial score (nSPS) is 12.1. The van der Waals surface area contributed by atoms with Gasteiger partial charge >= 0.3 is 0 Å². The molecule has 1 aliphatic rings. The fourth-order valence-electron chi connectivity index (χ4n) is 2.67. The van der Waals surface area contributed by atoms with Crippen molar-refractivity contribution in [1.29, 1.82) is 0 Å². The topological polar surface area (TPSA) is 76.6 Å². The molecule has 132 valence electrons. The highest BCUT2D eigenvalue weighted by Gasteiger charge is 2.16. The van der Waals surface area contributed by atoms with Crippen molar-refractivity contribution < 1.29 is 14.3 Å². The molecule has 1 N–H and O–H groups in total. The lowest BCUT2D eigenvalue weighted by atomic mass is 10.2. The van der Waals surface area contributed by atoms with Gasteiger partial charge in [0, 0.05) is 18.7 Å². The predicted octanol–water partition coefficient (Wildman–Crippen LogP) is 3.08. The second kappa shape index (κ2) is 7.83. The van der Waals surface area contributed by atoms with E-state index in [1.54, 1.807) is 24.3 Å². The maximum absolute atomic E-state index is 12.4. The van der Waals surface area contributed by atoms with Crippen molar-refractivity contribution in [2.75, 3.05) is 30.1 Å². The third-order valence-corrected chi connectivity index (χ3v) is 3.84. The van der Waals surface area contributed by atoms with Crippen LogP contribution in [0.2, 0.25) is 0 Å². The third kappa shape index (κ3) is 3.99. The van der Waals surface area contributed by atoms with Gasteiger partial charge in [0.25, 0.3) is 5.91 Å². The molecule has 2 aromatic rings. The number of amides is 1. The number of carbonyl (C=O) groups excluding carboxylic acids is 1. The Kier molecular flexibility index (Phi) is 5.33. The lowest BCUT2D eigenvalue weighted by Gasteiger charge is -2.21. The van der Waals surface area contributed by atoms with Gasteiger partial charge in [0.1, 0.15) is 0 Å². The molecule has 0 atom stereocenters. The van der Waals surface area contributed by atoms with E-state index in [4.69, 9.17) is 9.47 Å². The second-order valence-corrected chi connectivity index (χ2v) is 5.79. The predicted molar refractivity (Wildman–Crippen MR) is 95.3 cm³/mol. The van der Waals surface area contributed by atoms with Crippen molar-refractivity contribution in [2.24, 2.45) is 0 Å². The lowest BCUT2D eigenvalue weighted by molar-refractivity contribution is 0.102. The Morgan fingerprint density at radius 3 is 2.52 bits per heavy atom. The fraction of sp³-hybridized carbons (Fsp3) is 0.389. The first-order chi connectivity index (χ1) is 12.2. The van der Waals surface area contributed by atoms with Crippen molar-refractivity contribution >= 4 is 17.5 Å². The molecule has 1 aromatic heterocycles. The van der Waals surface area contributed by atoms with E-state index in [1.165, 1.54) is 0 Å². The molecule has 0 saturated carbocycles. The first-order valence-electron chi connectivity index (χ1n) is 8.51. The summed E-state index contributed by atoms with van der Waals surface area (Å²) in [6.45, 7) is 6.32. The summed E-state index contributed by atoms with van der Waals surface area (Å²) in [5.41, 5.74) is 0.480. The first kappa shape index (κ1) is 17.0. The van der Waals surface area contributed by atoms with Gasteiger partial charge in [0.2, 0.25) is 6.79 Å². The molecule has 0 radical (unpaired) electrons. The summed E-state index contributed by atoms with van der Waals surface area (Å²) in [7, 11) is 0. The van der Waals surface area contributed by atoms with Crippen LogP contribution in [0, 0.1) is 0 Å². The molecular formula is C18H22N4O3. The highest BCUT2D eigenvalue weighted by molar-refractivity contribution is 6.04. The molecular weight excluding hydrogens is 320 g/mol. The Morgan fingerprint density at radius 2 is 1.84 bits per heavy atom. The SMILES string of the molecule is CCCN(CCC)c1ccc(NC(=O)c2ccc3c(c2)OCO3)nn1. The van der Waals surface area contributed by atoms with Gasteiger partial charge in [0.15, 0.2) is 23.1 Å². The molecule has 0 fully saturated rings. The number of hydrogen-bond acceptors (Lipinski definition) is 6. The fourth-order valence-corrected chi connectivity index (χ4v) is 2.67. The van der Waals surface area contributed by atoms with E-state index in [9.17, 15) is 4.79 Å². The van der Waals surface area contributed by atoms with Crippen LogP contribution in [0.5, 0.6) is 11.5 Å². The smallest absolute Gasteiger partial charge is 0.257 e. The second-order valence-electron chi connectivity index (χ2n) is 5.79. The number of rotatable bonds is 7. The van der Waals surface area contributed by atoms with Crippen LogP contribution in [-0.2, 0) is 0 Å². The Balaban J connectivity index is 1.67. The van der Waals surface area contributed by atoms with Crippen molar-refractivity contribution in [3.05, 3.63) is 35.9 Å². The van der Waals surface area contributed by atoms with Gasteiger partial charge in [-0.3, -0.25) is 4.79 Å². The largest absolute Gasteiger partial charge is 0.454 e. The summed E-state index contributed by atoms with van der Waals surface area (Å²) in [6, 6.07) is 8.72. The van der Waals surface area contributed by atoms with Gasteiger partial charge < -0.3 is 19.7 Å². The monoisotopic (exact) mass is 342 g/mol. The van der Waals surface area contributed by atoms with Gasteiger partial charge in [-0.2, -0.15) is 0 Å². The average Bonchev–Trinajstić information content (AvgIpc) is 3.10. The van der Waals surface area contributed by atoms with E-state index in [2.05, 4.69) is 34.3 Å². The molecule has 0 aliphatic carbocycles. The molecule has 0 saturated heterocycles. The van der Waals surface area contributed by atoms with E-state index in [0.29, 0.717) is 22.9 Å². The van der Waals surface area contributed by atoms with Crippen molar-refractivity contribution in [2.45, 2.75) is 26.7 Å². The number of nitrogens with one attached hydrogen (secondary N) is 1. The zero-order valence-corrected chi connectivity index (χ0v) is 14.5. The summed E-state index contributed by atoms with van der Waals surface area (Å²) in [5, 5.41) is 11.1. The van der Waals surface area contributed by atoms with Gasteiger partial charge in [-0.15, -0.1) is 10.2 Å². The zero-order chi connectivity index (χ0) is 17.6. The highest BCUT2D eigenvalue weighted by atomic mass is 16.7. The number of benzene rings is 1. The number of carbonyl (C=O) groups is 1. The van der Waals surface area contributed by atoms with Crippen LogP contribution >= 0.6 is 0 Å². The maximum Gasteiger partial charge on any atom is 0.257 e. The van der Waals surface area contributed by atoms with E-state index >= 15 is 0 Å². The minimum Gasteiger partial charge on any atom is -0.454 e. The number of fused-ring (bicyclic) bond motifs is 1. The first-order valence-corrected chi connectivity index (χ1v) is 8.51. The van der Waals surface area contributed by atoms with Crippen molar-refractivity contribution in [1.82, 2.24) is 10.2 Å². The van der Waals surface area contributed by atoms with E-state index in [-0.39, 0.29) is 12.7 Å². The van der Waals surface area contributed by atoms with Crippen LogP contribution in [-0.4, -0.2) is 36.0 Å². The van der Waals surface area contributed by atoms with Crippen LogP contribution in [0.1, 0.15) is 37.0 Å². The van der Waals surface area contributed by atoms with E-state index in [1.807, 2.05) is 6.07 Å². The van der Waals surface area contributed by atoms with Crippen LogP contribution in [0.15, 0.2) is 30.3 Å². The Bertz CT molecular complexity index is 728. The Labute approximate surface area is 147 Å². The van der Waals surface area contributed by atoms with E-state index in [0.717, 1.165) is 31.7 Å². The minimum absolute atomic E-state index is 0.180. The highest BCUT2D eigenvalue weighted by Crippen LogP contribution is 2.32. The van der Waals surface area contributed by atoms with Crippen molar-refractivity contribution in [3.8, 4) is 11.5 Å². The molecule has 0 bridgehead atoms. The molecule has 0 unspecified atom stereocenters. The minimum atomic E-state index is -0.265. The average molecular weight is 342 g/mol. The molecule has 3 rings (SSSR count). The quantitative estimate of drug-likeness (QED) is 0.833. The molecule has 2 heterocycles. The molecule has 7 heteroatoms. The summed E-state index contributed by atoms with van der Waals surface area (Å²) >= 11 is 0. The number of anilines is 2. The molecule has 1 aliphatic heterocycles. The summed E-state index contributed by atoms with van der Waals surface area (Å²) < 4.78 is 10.5. The van der Waals surface area contributed by atoms with Gasteiger partial charge in [-0.25, -0.2) is 0 Å². The zero-order valence-electron chi connectivity index (χ0n) is 14.5. The molecule has 7 nitrogen and oxygen atoms in total. The summed E-state index contributed by atoms with van der Waals surface area (Å²) in [4.78, 5) is 14.5. The van der Waals surface area contributed by atoms with Crippen LogP contribution in [0.4, 0.5) is 11.6 Å².